The lowest BCUT2D eigenvalue weighted by Crippen LogP contribution is -2.57. The Balaban J connectivity index is 1.77. The van der Waals surface area contributed by atoms with E-state index in [0.29, 0.717) is 18.5 Å². The summed E-state index contributed by atoms with van der Waals surface area (Å²) in [6, 6.07) is 6.88. The van der Waals surface area contributed by atoms with Crippen LogP contribution in [0.25, 0.3) is 0 Å². The molecule has 1 spiro atoms. The predicted molar refractivity (Wildman–Crippen MR) is 149 cm³/mol. The maximum Gasteiger partial charge on any atom is 0.312 e. The van der Waals surface area contributed by atoms with E-state index in [2.05, 4.69) is 25.3 Å². The lowest BCUT2D eigenvalue weighted by molar-refractivity contribution is -0.161. The second kappa shape index (κ2) is 11.3. The molecule has 3 aliphatic heterocycles. The van der Waals surface area contributed by atoms with Crippen molar-refractivity contribution < 1.29 is 29.0 Å². The van der Waals surface area contributed by atoms with Crippen LogP contribution in [0.5, 0.6) is 0 Å². The number of fused-ring (bicyclic) bond motifs is 1. The molecule has 39 heavy (non-hydrogen) atoms. The number of amides is 2. The number of benzene rings is 1. The van der Waals surface area contributed by atoms with Gasteiger partial charge in [-0.05, 0) is 70.7 Å². The zero-order valence-corrected chi connectivity index (χ0v) is 23.9. The summed E-state index contributed by atoms with van der Waals surface area (Å²) >= 11 is 0. The lowest BCUT2D eigenvalue weighted by atomic mass is 9.62. The molecule has 3 heterocycles. The van der Waals surface area contributed by atoms with Crippen molar-refractivity contribution in [1.82, 2.24) is 4.90 Å². The molecular weight excluding hydrogens is 498 g/mol. The number of hydrogen-bond acceptors (Lipinski definition) is 7. The molecule has 9 nitrogen and oxygen atoms in total. The number of likely N-dealkylation sites (tertiary alicyclic amines) is 1. The summed E-state index contributed by atoms with van der Waals surface area (Å²) in [5, 5.41) is 9.59. The molecule has 3 fully saturated rings. The maximum absolute atomic E-state index is 14.5. The standard InChI is InChI=1S/C30H43N3O6/c1-7-16-32(22-14-12-21(13-15-22)31(8-2)9-3)27(36)25-30-19-20(5)29(6,39-30)24(28(37)38-10-4)23(30)26(35)33(25)17-11-18-34/h7,12-15,20,23-25,34H,1,8-11,16-19H2,2-6H3/t20?,23-,24+,25?,29-,30?/m0/s1. The molecule has 3 aliphatic rings. The van der Waals surface area contributed by atoms with E-state index in [-0.39, 0.29) is 44.0 Å². The SMILES string of the molecule is C=CCN(C(=O)C1N(CCCO)C(=O)[C@@H]2[C@H](C(=O)OCC)[C@@]3(C)OC12CC3C)c1ccc(N(CC)CC)cc1. The van der Waals surface area contributed by atoms with Gasteiger partial charge in [0.2, 0.25) is 5.91 Å². The molecule has 214 valence electrons. The Kier molecular flexibility index (Phi) is 8.42. The molecule has 1 aromatic rings. The fraction of sp³-hybridized carbons (Fsp3) is 0.633. The average molecular weight is 542 g/mol. The summed E-state index contributed by atoms with van der Waals surface area (Å²) in [4.78, 5) is 47.2. The van der Waals surface area contributed by atoms with Crippen LogP contribution in [0.3, 0.4) is 0 Å². The largest absolute Gasteiger partial charge is 0.466 e. The first-order valence-corrected chi connectivity index (χ1v) is 14.2. The van der Waals surface area contributed by atoms with Crippen LogP contribution in [-0.2, 0) is 23.9 Å². The van der Waals surface area contributed by atoms with E-state index in [1.807, 2.05) is 38.1 Å². The van der Waals surface area contributed by atoms with Crippen LogP contribution in [-0.4, -0.2) is 84.4 Å². The van der Waals surface area contributed by atoms with Gasteiger partial charge in [-0.3, -0.25) is 14.4 Å². The second-order valence-corrected chi connectivity index (χ2v) is 11.0. The summed E-state index contributed by atoms with van der Waals surface area (Å²) < 4.78 is 12.1. The van der Waals surface area contributed by atoms with Crippen LogP contribution in [0.4, 0.5) is 11.4 Å². The Morgan fingerprint density at radius 2 is 1.85 bits per heavy atom. The van der Waals surface area contributed by atoms with Crippen LogP contribution in [0.2, 0.25) is 0 Å². The van der Waals surface area contributed by atoms with Gasteiger partial charge in [0.25, 0.3) is 5.91 Å². The Labute approximate surface area is 231 Å². The van der Waals surface area contributed by atoms with Gasteiger partial charge in [-0.15, -0.1) is 6.58 Å². The van der Waals surface area contributed by atoms with Gasteiger partial charge < -0.3 is 29.3 Å². The number of ether oxygens (including phenoxy) is 2. The van der Waals surface area contributed by atoms with Gasteiger partial charge in [0.15, 0.2) is 0 Å². The topological polar surface area (TPSA) is 99.6 Å². The van der Waals surface area contributed by atoms with E-state index in [1.165, 1.54) is 4.90 Å². The van der Waals surface area contributed by atoms with Gasteiger partial charge in [0.1, 0.15) is 17.6 Å². The number of nitrogens with zero attached hydrogens (tertiary/aromatic N) is 3. The smallest absolute Gasteiger partial charge is 0.312 e. The number of esters is 1. The average Bonchev–Trinajstić information content (AvgIpc) is 3.43. The highest BCUT2D eigenvalue weighted by atomic mass is 16.6. The van der Waals surface area contributed by atoms with Gasteiger partial charge in [-0.2, -0.15) is 0 Å². The maximum atomic E-state index is 14.5. The minimum Gasteiger partial charge on any atom is -0.466 e. The fourth-order valence-electron chi connectivity index (χ4n) is 7.12. The molecule has 1 aromatic carbocycles. The molecule has 0 saturated carbocycles. The summed E-state index contributed by atoms with van der Waals surface area (Å²) in [7, 11) is 0. The van der Waals surface area contributed by atoms with E-state index in [1.54, 1.807) is 17.9 Å². The summed E-state index contributed by atoms with van der Waals surface area (Å²) in [5.74, 6) is -2.71. The molecule has 1 N–H and O–H groups in total. The molecule has 2 bridgehead atoms. The van der Waals surface area contributed by atoms with Crippen molar-refractivity contribution >= 4 is 29.2 Å². The van der Waals surface area contributed by atoms with E-state index >= 15 is 0 Å². The fourth-order valence-corrected chi connectivity index (χ4v) is 7.12. The van der Waals surface area contributed by atoms with Crippen molar-refractivity contribution in [2.45, 2.75) is 64.7 Å². The Hall–Kier alpha value is -2.91. The summed E-state index contributed by atoms with van der Waals surface area (Å²) in [6.45, 7) is 15.9. The number of rotatable bonds is 12. The molecule has 9 heteroatoms. The zero-order chi connectivity index (χ0) is 28.5. The summed E-state index contributed by atoms with van der Waals surface area (Å²) in [6.07, 6.45) is 2.46. The van der Waals surface area contributed by atoms with Crippen molar-refractivity contribution in [3.8, 4) is 0 Å². The molecule has 0 radical (unpaired) electrons. The minimum absolute atomic E-state index is 0.0646. The molecule has 4 rings (SSSR count). The first-order valence-electron chi connectivity index (χ1n) is 14.2. The van der Waals surface area contributed by atoms with Gasteiger partial charge >= 0.3 is 5.97 Å². The van der Waals surface area contributed by atoms with Crippen LogP contribution in [0.1, 0.15) is 47.5 Å². The minimum atomic E-state index is -1.16. The van der Waals surface area contributed by atoms with E-state index < -0.39 is 35.0 Å². The van der Waals surface area contributed by atoms with Crippen LogP contribution < -0.4 is 9.80 Å². The van der Waals surface area contributed by atoms with Crippen LogP contribution >= 0.6 is 0 Å². The third-order valence-corrected chi connectivity index (χ3v) is 9.01. The van der Waals surface area contributed by atoms with Gasteiger partial charge in [-0.1, -0.05) is 13.0 Å². The quantitative estimate of drug-likeness (QED) is 0.321. The number of hydrogen-bond donors (Lipinski definition) is 1. The highest BCUT2D eigenvalue weighted by molar-refractivity contribution is 6.05. The second-order valence-electron chi connectivity index (χ2n) is 11.0. The van der Waals surface area contributed by atoms with Crippen LogP contribution in [0.15, 0.2) is 36.9 Å². The van der Waals surface area contributed by atoms with Crippen molar-refractivity contribution in [3.05, 3.63) is 36.9 Å². The van der Waals surface area contributed by atoms with Crippen molar-refractivity contribution in [2.75, 3.05) is 49.2 Å². The van der Waals surface area contributed by atoms with E-state index in [9.17, 15) is 19.5 Å². The normalized spacial score (nSPS) is 30.8. The van der Waals surface area contributed by atoms with Gasteiger partial charge in [0, 0.05) is 44.2 Å². The number of aliphatic hydroxyl groups excluding tert-OH is 1. The lowest BCUT2D eigenvalue weighted by Gasteiger charge is -2.37. The third-order valence-electron chi connectivity index (χ3n) is 9.01. The monoisotopic (exact) mass is 541 g/mol. The molecular formula is C30H43N3O6. The van der Waals surface area contributed by atoms with E-state index in [0.717, 1.165) is 18.8 Å². The van der Waals surface area contributed by atoms with Crippen molar-refractivity contribution in [1.29, 1.82) is 0 Å². The highest BCUT2D eigenvalue weighted by Gasteiger charge is 2.80. The van der Waals surface area contributed by atoms with Crippen molar-refractivity contribution in [2.24, 2.45) is 17.8 Å². The van der Waals surface area contributed by atoms with Gasteiger partial charge in [-0.25, -0.2) is 0 Å². The molecule has 6 atom stereocenters. The first kappa shape index (κ1) is 29.1. The van der Waals surface area contributed by atoms with Crippen molar-refractivity contribution in [3.63, 3.8) is 0 Å². The Bertz CT molecular complexity index is 1090. The first-order chi connectivity index (χ1) is 18.6. The zero-order valence-electron chi connectivity index (χ0n) is 23.9. The molecule has 0 aromatic heterocycles. The number of carbonyl (C=O) groups is 3. The molecule has 0 aliphatic carbocycles. The highest BCUT2D eigenvalue weighted by Crippen LogP contribution is 2.65. The Morgan fingerprint density at radius 1 is 1.21 bits per heavy atom. The van der Waals surface area contributed by atoms with Gasteiger partial charge in [0.05, 0.1) is 18.1 Å². The number of aliphatic hydroxyl groups is 1. The number of anilines is 2. The molecule has 3 saturated heterocycles. The van der Waals surface area contributed by atoms with Crippen LogP contribution in [0, 0.1) is 17.8 Å². The summed E-state index contributed by atoms with van der Waals surface area (Å²) in [5.41, 5.74) is -0.316. The third kappa shape index (κ3) is 4.53. The molecule has 2 amide bonds. The number of carbonyl (C=O) groups excluding carboxylic acids is 3. The Morgan fingerprint density at radius 3 is 2.41 bits per heavy atom. The molecule has 3 unspecified atom stereocenters. The predicted octanol–water partition coefficient (Wildman–Crippen LogP) is 3.01. The van der Waals surface area contributed by atoms with E-state index in [4.69, 9.17) is 9.47 Å².